The minimum atomic E-state index is 0.261. The number of benzene rings is 1. The molecule has 110 valence electrons. The highest BCUT2D eigenvalue weighted by Crippen LogP contribution is 2.35. The van der Waals surface area contributed by atoms with E-state index in [9.17, 15) is 0 Å². The average molecular weight is 282 g/mol. The zero-order valence-electron chi connectivity index (χ0n) is 12.5. The standard InChI is InChI=1S/C17H22N4/c1-21-17(15-11-13-9-5-6-10-14(13)18-15)19-16(20-21)12-7-3-2-4-8-12/h5-6,9-10,12,15,18H,2-4,7-8,11H2,1H3. The fraction of sp³-hybridized carbons (Fsp3) is 0.529. The van der Waals surface area contributed by atoms with Gasteiger partial charge in [-0.2, -0.15) is 5.10 Å². The van der Waals surface area contributed by atoms with Gasteiger partial charge in [-0.1, -0.05) is 37.5 Å². The van der Waals surface area contributed by atoms with E-state index in [1.165, 1.54) is 43.4 Å². The number of aromatic nitrogens is 3. The lowest BCUT2D eigenvalue weighted by Gasteiger charge is -2.18. The molecule has 1 fully saturated rings. The van der Waals surface area contributed by atoms with Crippen LogP contribution >= 0.6 is 0 Å². The summed E-state index contributed by atoms with van der Waals surface area (Å²) in [4.78, 5) is 4.89. The van der Waals surface area contributed by atoms with Crippen molar-refractivity contribution < 1.29 is 0 Å². The molecule has 0 saturated heterocycles. The first-order chi connectivity index (χ1) is 10.3. The van der Waals surface area contributed by atoms with Crippen molar-refractivity contribution in [3.63, 3.8) is 0 Å². The number of fused-ring (bicyclic) bond motifs is 1. The van der Waals surface area contributed by atoms with Gasteiger partial charge in [-0.05, 0) is 24.5 Å². The van der Waals surface area contributed by atoms with Gasteiger partial charge in [0.15, 0.2) is 5.82 Å². The Morgan fingerprint density at radius 1 is 1.14 bits per heavy atom. The van der Waals surface area contributed by atoms with Crippen LogP contribution in [0.25, 0.3) is 0 Å². The van der Waals surface area contributed by atoms with E-state index in [0.29, 0.717) is 5.92 Å². The van der Waals surface area contributed by atoms with Gasteiger partial charge in [0.1, 0.15) is 5.82 Å². The molecule has 1 aromatic carbocycles. The van der Waals surface area contributed by atoms with Crippen LogP contribution in [0.15, 0.2) is 24.3 Å². The zero-order valence-corrected chi connectivity index (χ0v) is 12.5. The third-order valence-corrected chi connectivity index (χ3v) is 4.87. The number of hydrogen-bond acceptors (Lipinski definition) is 3. The normalized spacial score (nSPS) is 22.0. The first kappa shape index (κ1) is 12.9. The Balaban J connectivity index is 1.58. The van der Waals surface area contributed by atoms with E-state index < -0.39 is 0 Å². The van der Waals surface area contributed by atoms with Crippen LogP contribution in [0, 0.1) is 0 Å². The second-order valence-corrected chi connectivity index (χ2v) is 6.34. The SMILES string of the molecule is Cn1nc(C2CCCCC2)nc1C1Cc2ccccc2N1. The maximum Gasteiger partial charge on any atom is 0.154 e. The zero-order chi connectivity index (χ0) is 14.2. The van der Waals surface area contributed by atoms with Crippen LogP contribution in [0.5, 0.6) is 0 Å². The summed E-state index contributed by atoms with van der Waals surface area (Å²) in [6, 6.07) is 8.79. The van der Waals surface area contributed by atoms with Crippen LogP contribution in [-0.4, -0.2) is 14.8 Å². The molecule has 1 aliphatic heterocycles. The van der Waals surface area contributed by atoms with Gasteiger partial charge in [-0.25, -0.2) is 4.98 Å². The Bertz CT molecular complexity index is 615. The molecular weight excluding hydrogens is 260 g/mol. The lowest BCUT2D eigenvalue weighted by molar-refractivity contribution is 0.427. The highest BCUT2D eigenvalue weighted by atomic mass is 15.3. The number of aryl methyl sites for hydroxylation is 1. The average Bonchev–Trinajstić information content (AvgIpc) is 3.11. The van der Waals surface area contributed by atoms with Crippen LogP contribution in [0.1, 0.15) is 61.3 Å². The summed E-state index contributed by atoms with van der Waals surface area (Å²) in [6.45, 7) is 0. The van der Waals surface area contributed by atoms with Gasteiger partial charge in [0.25, 0.3) is 0 Å². The maximum atomic E-state index is 4.89. The van der Waals surface area contributed by atoms with E-state index in [1.807, 2.05) is 11.7 Å². The van der Waals surface area contributed by atoms with E-state index in [-0.39, 0.29) is 6.04 Å². The fourth-order valence-electron chi connectivity index (χ4n) is 3.71. The second kappa shape index (κ2) is 5.17. The Labute approximate surface area is 125 Å². The van der Waals surface area contributed by atoms with Crippen molar-refractivity contribution >= 4 is 5.69 Å². The third kappa shape index (κ3) is 2.33. The predicted octanol–water partition coefficient (Wildman–Crippen LogP) is 3.57. The van der Waals surface area contributed by atoms with Crippen LogP contribution in [0.2, 0.25) is 0 Å². The predicted molar refractivity (Wildman–Crippen MR) is 83.3 cm³/mol. The Morgan fingerprint density at radius 3 is 2.76 bits per heavy atom. The molecular formula is C17H22N4. The summed E-state index contributed by atoms with van der Waals surface area (Å²) >= 11 is 0. The Morgan fingerprint density at radius 2 is 1.95 bits per heavy atom. The first-order valence-corrected chi connectivity index (χ1v) is 8.06. The first-order valence-electron chi connectivity index (χ1n) is 8.06. The topological polar surface area (TPSA) is 42.7 Å². The van der Waals surface area contributed by atoms with E-state index in [4.69, 9.17) is 10.1 Å². The van der Waals surface area contributed by atoms with Gasteiger partial charge in [-0.15, -0.1) is 0 Å². The van der Waals surface area contributed by atoms with Crippen molar-refractivity contribution in [1.29, 1.82) is 0 Å². The molecule has 4 nitrogen and oxygen atoms in total. The molecule has 2 aromatic rings. The van der Waals surface area contributed by atoms with Crippen molar-refractivity contribution in [3.05, 3.63) is 41.5 Å². The molecule has 0 spiro atoms. The van der Waals surface area contributed by atoms with Gasteiger partial charge < -0.3 is 5.32 Å². The molecule has 4 rings (SSSR count). The molecule has 4 heteroatoms. The molecule has 0 amide bonds. The molecule has 0 bridgehead atoms. The van der Waals surface area contributed by atoms with Gasteiger partial charge in [0.2, 0.25) is 0 Å². The van der Waals surface area contributed by atoms with E-state index in [1.54, 1.807) is 0 Å². The number of nitrogens with zero attached hydrogens (tertiary/aromatic N) is 3. The van der Waals surface area contributed by atoms with Crippen LogP contribution in [0.3, 0.4) is 0 Å². The second-order valence-electron chi connectivity index (χ2n) is 6.34. The molecule has 0 radical (unpaired) electrons. The number of para-hydroxylation sites is 1. The van der Waals surface area contributed by atoms with Crippen molar-refractivity contribution in [1.82, 2.24) is 14.8 Å². The molecule has 1 aromatic heterocycles. The smallest absolute Gasteiger partial charge is 0.154 e. The summed E-state index contributed by atoms with van der Waals surface area (Å²) < 4.78 is 1.98. The summed E-state index contributed by atoms with van der Waals surface area (Å²) in [5.74, 6) is 2.71. The number of hydrogen-bond donors (Lipinski definition) is 1. The minimum Gasteiger partial charge on any atom is -0.375 e. The fourth-order valence-corrected chi connectivity index (χ4v) is 3.71. The Hall–Kier alpha value is -1.84. The quantitative estimate of drug-likeness (QED) is 0.915. The number of rotatable bonds is 2. The van der Waals surface area contributed by atoms with Crippen molar-refractivity contribution in [2.45, 2.75) is 50.5 Å². The summed E-state index contributed by atoms with van der Waals surface area (Å²) in [6.07, 6.45) is 7.53. The Kier molecular flexibility index (Phi) is 3.17. The molecule has 1 unspecified atom stereocenters. The van der Waals surface area contributed by atoms with Gasteiger partial charge >= 0.3 is 0 Å². The van der Waals surface area contributed by atoms with E-state index >= 15 is 0 Å². The molecule has 21 heavy (non-hydrogen) atoms. The largest absolute Gasteiger partial charge is 0.375 e. The highest BCUT2D eigenvalue weighted by molar-refractivity contribution is 5.57. The molecule has 1 N–H and O–H groups in total. The van der Waals surface area contributed by atoms with Crippen LogP contribution in [0.4, 0.5) is 5.69 Å². The van der Waals surface area contributed by atoms with Gasteiger partial charge in [-0.3, -0.25) is 4.68 Å². The third-order valence-electron chi connectivity index (χ3n) is 4.87. The van der Waals surface area contributed by atoms with Crippen molar-refractivity contribution in [2.75, 3.05) is 5.32 Å². The summed E-state index contributed by atoms with van der Waals surface area (Å²) in [5, 5.41) is 8.29. The van der Waals surface area contributed by atoms with Crippen LogP contribution < -0.4 is 5.32 Å². The highest BCUT2D eigenvalue weighted by Gasteiger charge is 2.28. The molecule has 1 saturated carbocycles. The molecule has 1 aliphatic carbocycles. The van der Waals surface area contributed by atoms with Crippen LogP contribution in [-0.2, 0) is 13.5 Å². The summed E-state index contributed by atoms with van der Waals surface area (Å²) in [7, 11) is 2.03. The molecule has 2 aliphatic rings. The van der Waals surface area contributed by atoms with E-state index in [2.05, 4.69) is 29.6 Å². The minimum absolute atomic E-state index is 0.261. The van der Waals surface area contributed by atoms with Gasteiger partial charge in [0.05, 0.1) is 6.04 Å². The maximum absolute atomic E-state index is 4.89. The number of nitrogens with one attached hydrogen (secondary N) is 1. The summed E-state index contributed by atoms with van der Waals surface area (Å²) in [5.41, 5.74) is 2.62. The lowest BCUT2D eigenvalue weighted by Crippen LogP contribution is -2.12. The number of anilines is 1. The molecule has 2 heterocycles. The van der Waals surface area contributed by atoms with E-state index in [0.717, 1.165) is 18.1 Å². The molecule has 1 atom stereocenters. The van der Waals surface area contributed by atoms with Crippen molar-refractivity contribution in [2.24, 2.45) is 7.05 Å². The van der Waals surface area contributed by atoms with Gasteiger partial charge in [0, 0.05) is 25.1 Å². The van der Waals surface area contributed by atoms with Crippen molar-refractivity contribution in [3.8, 4) is 0 Å². The monoisotopic (exact) mass is 282 g/mol. The lowest BCUT2D eigenvalue weighted by atomic mass is 9.89.